The van der Waals surface area contributed by atoms with E-state index in [0.717, 1.165) is 6.42 Å². The minimum atomic E-state index is -0.676. The third kappa shape index (κ3) is 4.61. The molecular formula is C20H19ClN2O5. The molecule has 3 rings (SSSR count). The predicted molar refractivity (Wildman–Crippen MR) is 105 cm³/mol. The van der Waals surface area contributed by atoms with Gasteiger partial charge in [-0.2, -0.15) is 0 Å². The molecule has 0 atom stereocenters. The van der Waals surface area contributed by atoms with Crippen LogP contribution in [0.4, 0.5) is 11.4 Å². The molecule has 0 spiro atoms. The maximum Gasteiger partial charge on any atom is 0.338 e. The number of rotatable bonds is 6. The lowest BCUT2D eigenvalue weighted by Crippen LogP contribution is -2.24. The molecule has 0 aliphatic carbocycles. The van der Waals surface area contributed by atoms with Crippen molar-refractivity contribution in [1.82, 2.24) is 0 Å². The van der Waals surface area contributed by atoms with Gasteiger partial charge in [-0.1, -0.05) is 17.7 Å². The van der Waals surface area contributed by atoms with Gasteiger partial charge < -0.3 is 19.7 Å². The number of hydrogen-bond acceptors (Lipinski definition) is 5. The molecule has 1 heterocycles. The van der Waals surface area contributed by atoms with Crippen LogP contribution < -0.4 is 15.0 Å². The van der Waals surface area contributed by atoms with Gasteiger partial charge >= 0.3 is 5.97 Å². The number of hydrogen-bond donors (Lipinski definition) is 1. The summed E-state index contributed by atoms with van der Waals surface area (Å²) in [4.78, 5) is 37.8. The smallest absolute Gasteiger partial charge is 0.338 e. The second-order valence-corrected chi connectivity index (χ2v) is 6.58. The van der Waals surface area contributed by atoms with Crippen LogP contribution in [0.15, 0.2) is 42.5 Å². The van der Waals surface area contributed by atoms with E-state index in [-0.39, 0.29) is 11.5 Å². The molecule has 1 saturated heterocycles. The van der Waals surface area contributed by atoms with Crippen LogP contribution in [0.25, 0.3) is 0 Å². The molecule has 28 heavy (non-hydrogen) atoms. The van der Waals surface area contributed by atoms with E-state index >= 15 is 0 Å². The maximum atomic E-state index is 12.3. The Morgan fingerprint density at radius 3 is 2.75 bits per heavy atom. The lowest BCUT2D eigenvalue weighted by molar-refractivity contribution is -0.119. The first-order valence-electron chi connectivity index (χ1n) is 8.69. The van der Waals surface area contributed by atoms with Crippen molar-refractivity contribution in [3.63, 3.8) is 0 Å². The van der Waals surface area contributed by atoms with Crippen molar-refractivity contribution in [3.8, 4) is 5.75 Å². The Hall–Kier alpha value is -3.06. The zero-order chi connectivity index (χ0) is 20.1. The molecule has 146 valence electrons. The molecule has 2 aromatic carbocycles. The predicted octanol–water partition coefficient (Wildman–Crippen LogP) is 3.27. The van der Waals surface area contributed by atoms with Crippen molar-refractivity contribution in [2.24, 2.45) is 0 Å². The number of carbonyl (C=O) groups is 3. The zero-order valence-corrected chi connectivity index (χ0v) is 16.0. The van der Waals surface area contributed by atoms with E-state index in [9.17, 15) is 14.4 Å². The second kappa shape index (κ2) is 8.75. The molecule has 1 aliphatic heterocycles. The van der Waals surface area contributed by atoms with E-state index in [1.807, 2.05) is 0 Å². The number of ether oxygens (including phenoxy) is 2. The van der Waals surface area contributed by atoms with Crippen LogP contribution in [0.5, 0.6) is 5.75 Å². The number of benzene rings is 2. The summed E-state index contributed by atoms with van der Waals surface area (Å²) < 4.78 is 10.2. The van der Waals surface area contributed by atoms with Crippen molar-refractivity contribution in [1.29, 1.82) is 0 Å². The second-order valence-electron chi connectivity index (χ2n) is 6.17. The fourth-order valence-electron chi connectivity index (χ4n) is 2.86. The Morgan fingerprint density at radius 1 is 1.21 bits per heavy atom. The van der Waals surface area contributed by atoms with E-state index < -0.39 is 18.5 Å². The maximum absolute atomic E-state index is 12.3. The van der Waals surface area contributed by atoms with E-state index in [4.69, 9.17) is 21.1 Å². The highest BCUT2D eigenvalue weighted by Crippen LogP contribution is 2.30. The molecule has 0 saturated carbocycles. The molecule has 2 amide bonds. The largest absolute Gasteiger partial charge is 0.497 e. The van der Waals surface area contributed by atoms with Crippen molar-refractivity contribution < 1.29 is 23.9 Å². The summed E-state index contributed by atoms with van der Waals surface area (Å²) in [5.41, 5.74) is 1.22. The molecule has 1 N–H and O–H groups in total. The number of nitrogens with one attached hydrogen (secondary N) is 1. The topological polar surface area (TPSA) is 84.9 Å². The molecular weight excluding hydrogens is 384 g/mol. The fraction of sp³-hybridized carbons (Fsp3) is 0.250. The first kappa shape index (κ1) is 19.7. The monoisotopic (exact) mass is 402 g/mol. The minimum absolute atomic E-state index is 0.0370. The number of anilines is 2. The standard InChI is InChI=1S/C20H19ClN2O5/c1-27-15-5-2-4-14(11-15)22-18(24)12-28-20(26)13-7-8-16(21)17(10-13)23-9-3-6-19(23)25/h2,4-5,7-8,10-11H,3,6,9,12H2,1H3,(H,22,24). The van der Waals surface area contributed by atoms with Crippen LogP contribution in [0.2, 0.25) is 5.02 Å². The van der Waals surface area contributed by atoms with E-state index in [0.29, 0.717) is 35.1 Å². The van der Waals surface area contributed by atoms with Gasteiger partial charge in [-0.3, -0.25) is 9.59 Å². The van der Waals surface area contributed by atoms with Crippen LogP contribution in [0.3, 0.4) is 0 Å². The Morgan fingerprint density at radius 2 is 2.04 bits per heavy atom. The minimum Gasteiger partial charge on any atom is -0.497 e. The highest BCUT2D eigenvalue weighted by molar-refractivity contribution is 6.34. The number of halogens is 1. The summed E-state index contributed by atoms with van der Waals surface area (Å²) in [6.45, 7) is 0.108. The number of methoxy groups -OCH3 is 1. The van der Waals surface area contributed by atoms with E-state index in [2.05, 4.69) is 5.32 Å². The summed E-state index contributed by atoms with van der Waals surface area (Å²) in [6, 6.07) is 11.4. The van der Waals surface area contributed by atoms with Crippen LogP contribution in [-0.4, -0.2) is 38.0 Å². The third-order valence-corrected chi connectivity index (χ3v) is 4.55. The number of nitrogens with zero attached hydrogens (tertiary/aromatic N) is 1. The normalized spacial score (nSPS) is 13.4. The highest BCUT2D eigenvalue weighted by atomic mass is 35.5. The molecule has 0 aromatic heterocycles. The van der Waals surface area contributed by atoms with E-state index in [1.54, 1.807) is 29.2 Å². The average molecular weight is 403 g/mol. The molecule has 1 fully saturated rings. The van der Waals surface area contributed by atoms with Crippen LogP contribution in [0.1, 0.15) is 23.2 Å². The fourth-order valence-corrected chi connectivity index (χ4v) is 3.08. The molecule has 0 radical (unpaired) electrons. The van der Waals surface area contributed by atoms with Crippen molar-refractivity contribution >= 4 is 40.8 Å². The summed E-state index contributed by atoms with van der Waals surface area (Å²) in [6.07, 6.45) is 1.20. The van der Waals surface area contributed by atoms with Crippen LogP contribution >= 0.6 is 11.6 Å². The van der Waals surface area contributed by atoms with Crippen LogP contribution in [-0.2, 0) is 14.3 Å². The SMILES string of the molecule is COc1cccc(NC(=O)COC(=O)c2ccc(Cl)c(N3CCCC3=O)c2)c1. The number of esters is 1. The summed E-state index contributed by atoms with van der Waals surface area (Å²) in [5.74, 6) is -0.596. The van der Waals surface area contributed by atoms with Gasteiger partial charge in [0.2, 0.25) is 5.91 Å². The van der Waals surface area contributed by atoms with Crippen molar-refractivity contribution in [2.45, 2.75) is 12.8 Å². The molecule has 7 nitrogen and oxygen atoms in total. The van der Waals surface area contributed by atoms with Gasteiger partial charge in [-0.05, 0) is 36.8 Å². The van der Waals surface area contributed by atoms with Gasteiger partial charge in [-0.25, -0.2) is 4.79 Å². The van der Waals surface area contributed by atoms with Crippen LogP contribution in [0, 0.1) is 0 Å². The Labute approximate surface area is 167 Å². The number of carbonyl (C=O) groups excluding carboxylic acids is 3. The number of amides is 2. The molecule has 2 aromatic rings. The van der Waals surface area contributed by atoms with Gasteiger partial charge in [0.05, 0.1) is 23.4 Å². The van der Waals surface area contributed by atoms with Gasteiger partial charge in [0, 0.05) is 24.7 Å². The average Bonchev–Trinajstić information content (AvgIpc) is 3.12. The molecule has 1 aliphatic rings. The first-order valence-corrected chi connectivity index (χ1v) is 9.06. The zero-order valence-electron chi connectivity index (χ0n) is 15.2. The Bertz CT molecular complexity index is 915. The van der Waals surface area contributed by atoms with Crippen molar-refractivity contribution in [3.05, 3.63) is 53.1 Å². The highest BCUT2D eigenvalue weighted by Gasteiger charge is 2.24. The van der Waals surface area contributed by atoms with Crippen molar-refractivity contribution in [2.75, 3.05) is 30.5 Å². The molecule has 0 bridgehead atoms. The van der Waals surface area contributed by atoms with E-state index in [1.165, 1.54) is 25.3 Å². The molecule has 0 unspecified atom stereocenters. The lowest BCUT2D eigenvalue weighted by Gasteiger charge is -2.18. The van der Waals surface area contributed by atoms with Gasteiger partial charge in [0.1, 0.15) is 5.75 Å². The summed E-state index contributed by atoms with van der Waals surface area (Å²) >= 11 is 6.17. The lowest BCUT2D eigenvalue weighted by atomic mass is 10.2. The Balaban J connectivity index is 1.61. The summed E-state index contributed by atoms with van der Waals surface area (Å²) in [5, 5.41) is 3.00. The van der Waals surface area contributed by atoms with Gasteiger partial charge in [0.25, 0.3) is 5.91 Å². The Kier molecular flexibility index (Phi) is 6.16. The molecule has 8 heteroatoms. The van der Waals surface area contributed by atoms with Gasteiger partial charge in [-0.15, -0.1) is 0 Å². The third-order valence-electron chi connectivity index (χ3n) is 4.23. The van der Waals surface area contributed by atoms with Gasteiger partial charge in [0.15, 0.2) is 6.61 Å². The quantitative estimate of drug-likeness (QED) is 0.749. The summed E-state index contributed by atoms with van der Waals surface area (Å²) in [7, 11) is 1.53. The first-order chi connectivity index (χ1) is 13.5.